The molecule has 0 spiro atoms. The summed E-state index contributed by atoms with van der Waals surface area (Å²) in [7, 11) is 0. The van der Waals surface area contributed by atoms with Gasteiger partial charge in [0.25, 0.3) is 0 Å². The Hall–Kier alpha value is -2.66. The van der Waals surface area contributed by atoms with E-state index in [9.17, 15) is 9.59 Å². The predicted molar refractivity (Wildman–Crippen MR) is 117 cm³/mol. The molecule has 0 aromatic heterocycles. The van der Waals surface area contributed by atoms with Crippen LogP contribution in [0.3, 0.4) is 0 Å². The number of nitrogens with zero attached hydrogens (tertiary/aromatic N) is 1. The molecule has 1 atom stereocenters. The normalized spacial score (nSPS) is 16.2. The minimum absolute atomic E-state index is 0.00526. The number of piperidine rings is 1. The van der Waals surface area contributed by atoms with Crippen LogP contribution in [0.1, 0.15) is 36.5 Å². The maximum absolute atomic E-state index is 12.7. The van der Waals surface area contributed by atoms with Crippen LogP contribution in [0.5, 0.6) is 0 Å². The summed E-state index contributed by atoms with van der Waals surface area (Å²) in [6, 6.07) is 15.8. The van der Waals surface area contributed by atoms with Crippen molar-refractivity contribution in [3.05, 3.63) is 65.2 Å². The summed E-state index contributed by atoms with van der Waals surface area (Å²) in [5, 5.41) is 6.10. The van der Waals surface area contributed by atoms with E-state index >= 15 is 0 Å². The van der Waals surface area contributed by atoms with Crippen LogP contribution in [0.15, 0.2) is 48.5 Å². The first-order chi connectivity index (χ1) is 13.9. The smallest absolute Gasteiger partial charge is 0.241 e. The highest BCUT2D eigenvalue weighted by molar-refractivity contribution is 5.95. The molecule has 154 valence electrons. The summed E-state index contributed by atoms with van der Waals surface area (Å²) in [5.74, 6) is 0.135. The predicted octanol–water partition coefficient (Wildman–Crippen LogP) is 3.66. The molecule has 5 nitrogen and oxygen atoms in total. The Bertz CT molecular complexity index is 842. The topological polar surface area (TPSA) is 61.4 Å². The minimum Gasteiger partial charge on any atom is -0.352 e. The second-order valence-corrected chi connectivity index (χ2v) is 8.00. The average molecular weight is 394 g/mol. The van der Waals surface area contributed by atoms with E-state index in [-0.39, 0.29) is 23.8 Å². The van der Waals surface area contributed by atoms with E-state index in [4.69, 9.17) is 0 Å². The van der Waals surface area contributed by atoms with Crippen LogP contribution in [-0.4, -0.2) is 35.8 Å². The van der Waals surface area contributed by atoms with Gasteiger partial charge in [0.05, 0.1) is 6.04 Å². The summed E-state index contributed by atoms with van der Waals surface area (Å²) in [4.78, 5) is 27.4. The highest BCUT2D eigenvalue weighted by atomic mass is 16.2. The van der Waals surface area contributed by atoms with Crippen molar-refractivity contribution in [2.75, 3.05) is 18.4 Å². The lowest BCUT2D eigenvalue weighted by atomic mass is 9.94. The van der Waals surface area contributed by atoms with Gasteiger partial charge in [0.2, 0.25) is 11.8 Å². The molecule has 0 bridgehead atoms. The van der Waals surface area contributed by atoms with Gasteiger partial charge in [-0.1, -0.05) is 42.5 Å². The van der Waals surface area contributed by atoms with Crippen LogP contribution in [0, 0.1) is 19.8 Å². The minimum atomic E-state index is -0.219. The monoisotopic (exact) mass is 393 g/mol. The van der Waals surface area contributed by atoms with Gasteiger partial charge >= 0.3 is 0 Å². The van der Waals surface area contributed by atoms with Gasteiger partial charge in [-0.2, -0.15) is 0 Å². The molecule has 5 heteroatoms. The molecule has 3 rings (SSSR count). The van der Waals surface area contributed by atoms with E-state index < -0.39 is 0 Å². The molecule has 2 amide bonds. The van der Waals surface area contributed by atoms with Gasteiger partial charge in [-0.25, -0.2) is 0 Å². The number of likely N-dealkylation sites (tertiary alicyclic amines) is 1. The van der Waals surface area contributed by atoms with Gasteiger partial charge in [-0.15, -0.1) is 0 Å². The molecule has 0 unspecified atom stereocenters. The molecule has 2 N–H and O–H groups in total. The van der Waals surface area contributed by atoms with Gasteiger partial charge < -0.3 is 10.6 Å². The maximum atomic E-state index is 12.7. The summed E-state index contributed by atoms with van der Waals surface area (Å²) < 4.78 is 0. The first-order valence-electron chi connectivity index (χ1n) is 10.4. The van der Waals surface area contributed by atoms with E-state index in [1.807, 2.05) is 69.3 Å². The highest BCUT2D eigenvalue weighted by Gasteiger charge is 2.29. The number of carbonyl (C=O) groups excluding carboxylic acids is 2. The largest absolute Gasteiger partial charge is 0.352 e. The van der Waals surface area contributed by atoms with Crippen molar-refractivity contribution in [2.45, 2.75) is 46.2 Å². The van der Waals surface area contributed by atoms with E-state index in [2.05, 4.69) is 15.5 Å². The molecule has 1 heterocycles. The van der Waals surface area contributed by atoms with Gasteiger partial charge in [0.15, 0.2) is 0 Å². The van der Waals surface area contributed by atoms with Crippen LogP contribution in [0.25, 0.3) is 0 Å². The van der Waals surface area contributed by atoms with Crippen molar-refractivity contribution < 1.29 is 9.59 Å². The van der Waals surface area contributed by atoms with Crippen LogP contribution in [0.4, 0.5) is 5.69 Å². The van der Waals surface area contributed by atoms with Crippen molar-refractivity contribution in [3.63, 3.8) is 0 Å². The van der Waals surface area contributed by atoms with Crippen LogP contribution in [-0.2, 0) is 16.1 Å². The number of aryl methyl sites for hydroxylation is 2. The first-order valence-corrected chi connectivity index (χ1v) is 10.4. The SMILES string of the molecule is Cc1ccc(C)c(NC(=O)[C@@H](C)N2CCC(C(=O)NCc3ccccc3)CC2)c1. The lowest BCUT2D eigenvalue weighted by Gasteiger charge is -2.34. The third kappa shape index (κ3) is 5.67. The van der Waals surface area contributed by atoms with Crippen molar-refractivity contribution >= 4 is 17.5 Å². The van der Waals surface area contributed by atoms with Crippen LogP contribution in [0.2, 0.25) is 0 Å². The standard InChI is InChI=1S/C24H31N3O2/c1-17-9-10-18(2)22(15-17)26-23(28)19(3)27-13-11-21(12-14-27)24(29)25-16-20-7-5-4-6-8-20/h4-10,15,19,21H,11-14,16H2,1-3H3,(H,25,29)(H,26,28)/t19-/m1/s1. The van der Waals surface area contributed by atoms with E-state index in [1.165, 1.54) is 0 Å². The van der Waals surface area contributed by atoms with Crippen molar-refractivity contribution in [1.29, 1.82) is 0 Å². The molecule has 1 fully saturated rings. The summed E-state index contributed by atoms with van der Waals surface area (Å²) in [6.07, 6.45) is 1.56. The fraction of sp³-hybridized carbons (Fsp3) is 0.417. The molecular weight excluding hydrogens is 362 g/mol. The quantitative estimate of drug-likeness (QED) is 0.787. The van der Waals surface area contributed by atoms with Crippen LogP contribution >= 0.6 is 0 Å². The number of carbonyl (C=O) groups is 2. The zero-order valence-electron chi connectivity index (χ0n) is 17.6. The zero-order valence-corrected chi connectivity index (χ0v) is 17.6. The van der Waals surface area contributed by atoms with Crippen molar-refractivity contribution in [3.8, 4) is 0 Å². The molecule has 29 heavy (non-hydrogen) atoms. The van der Waals surface area contributed by atoms with Gasteiger partial charge in [-0.3, -0.25) is 14.5 Å². The highest BCUT2D eigenvalue weighted by Crippen LogP contribution is 2.21. The number of amides is 2. The summed E-state index contributed by atoms with van der Waals surface area (Å²) in [5.41, 5.74) is 4.16. The van der Waals surface area contributed by atoms with Crippen molar-refractivity contribution in [1.82, 2.24) is 10.2 Å². The Balaban J connectivity index is 1.47. The third-order valence-electron chi connectivity index (χ3n) is 5.79. The van der Waals surface area contributed by atoms with Crippen molar-refractivity contribution in [2.24, 2.45) is 5.92 Å². The summed E-state index contributed by atoms with van der Waals surface area (Å²) >= 11 is 0. The zero-order chi connectivity index (χ0) is 20.8. The van der Waals surface area contributed by atoms with Gasteiger partial charge in [0, 0.05) is 18.2 Å². The van der Waals surface area contributed by atoms with Crippen LogP contribution < -0.4 is 10.6 Å². The average Bonchev–Trinajstić information content (AvgIpc) is 2.75. The fourth-order valence-corrected chi connectivity index (χ4v) is 3.75. The fourth-order valence-electron chi connectivity index (χ4n) is 3.75. The maximum Gasteiger partial charge on any atom is 0.241 e. The molecule has 0 radical (unpaired) electrons. The molecule has 1 saturated heterocycles. The lowest BCUT2D eigenvalue weighted by molar-refractivity contribution is -0.127. The van der Waals surface area contributed by atoms with E-state index in [0.717, 1.165) is 48.3 Å². The molecule has 2 aromatic carbocycles. The number of nitrogens with one attached hydrogen (secondary N) is 2. The summed E-state index contributed by atoms with van der Waals surface area (Å²) in [6.45, 7) is 8.03. The van der Waals surface area contributed by atoms with Gasteiger partial charge in [-0.05, 0) is 69.5 Å². The van der Waals surface area contributed by atoms with E-state index in [1.54, 1.807) is 0 Å². The Morgan fingerprint density at radius 2 is 1.76 bits per heavy atom. The Labute approximate surface area is 173 Å². The molecule has 1 aliphatic heterocycles. The lowest BCUT2D eigenvalue weighted by Crippen LogP contribution is -2.48. The Kier molecular flexibility index (Phi) is 7.04. The van der Waals surface area contributed by atoms with Gasteiger partial charge in [0.1, 0.15) is 0 Å². The first kappa shape index (κ1) is 21.1. The number of hydrogen-bond acceptors (Lipinski definition) is 3. The number of anilines is 1. The Morgan fingerprint density at radius 3 is 2.45 bits per heavy atom. The number of benzene rings is 2. The second kappa shape index (κ2) is 9.70. The molecule has 0 aliphatic carbocycles. The Morgan fingerprint density at radius 1 is 1.07 bits per heavy atom. The van der Waals surface area contributed by atoms with E-state index in [0.29, 0.717) is 6.54 Å². The number of rotatable bonds is 6. The second-order valence-electron chi connectivity index (χ2n) is 8.00. The molecule has 2 aromatic rings. The molecule has 1 aliphatic rings. The third-order valence-corrected chi connectivity index (χ3v) is 5.79. The molecular formula is C24H31N3O2. The number of hydrogen-bond donors (Lipinski definition) is 2. The molecule has 0 saturated carbocycles.